The van der Waals surface area contributed by atoms with Gasteiger partial charge in [0.25, 0.3) is 5.91 Å². The number of aromatic nitrogens is 2. The summed E-state index contributed by atoms with van der Waals surface area (Å²) in [5, 5.41) is 5.40. The normalized spacial score (nSPS) is 17.1. The molecule has 0 radical (unpaired) electrons. The van der Waals surface area contributed by atoms with E-state index in [2.05, 4.69) is 33.5 Å². The van der Waals surface area contributed by atoms with Crippen molar-refractivity contribution in [3.05, 3.63) is 76.5 Å². The lowest BCUT2D eigenvalue weighted by atomic mass is 9.89. The summed E-state index contributed by atoms with van der Waals surface area (Å²) in [5.74, 6) is 0.828. The van der Waals surface area contributed by atoms with Crippen molar-refractivity contribution in [2.75, 3.05) is 31.5 Å². The summed E-state index contributed by atoms with van der Waals surface area (Å²) in [5.41, 5.74) is 3.24. The number of thiazole rings is 1. The number of likely N-dealkylation sites (tertiary alicyclic amines) is 2. The lowest BCUT2D eigenvalue weighted by Crippen LogP contribution is -2.50. The van der Waals surface area contributed by atoms with Gasteiger partial charge in [-0.15, -0.1) is 11.3 Å². The van der Waals surface area contributed by atoms with Crippen LogP contribution in [0, 0.1) is 0 Å². The minimum Gasteiger partial charge on any atom is -0.337 e. The molecule has 0 unspecified atom stereocenters. The summed E-state index contributed by atoms with van der Waals surface area (Å²) in [6.45, 7) is 2.92. The van der Waals surface area contributed by atoms with Crippen LogP contribution < -0.4 is 5.32 Å². The molecule has 164 valence electrons. The predicted molar refractivity (Wildman–Crippen MR) is 124 cm³/mol. The molecular formula is C24H25N5O2S. The zero-order valence-corrected chi connectivity index (χ0v) is 18.5. The number of carbonyl (C=O) groups excluding carboxylic acids is 2. The van der Waals surface area contributed by atoms with Gasteiger partial charge in [-0.05, 0) is 48.1 Å². The van der Waals surface area contributed by atoms with Gasteiger partial charge in [0.1, 0.15) is 0 Å². The number of nitrogens with one attached hydrogen (secondary N) is 1. The molecule has 2 saturated heterocycles. The van der Waals surface area contributed by atoms with Crippen LogP contribution in [0.3, 0.4) is 0 Å². The average molecular weight is 448 g/mol. The van der Waals surface area contributed by atoms with Crippen LogP contribution in [0.2, 0.25) is 0 Å². The van der Waals surface area contributed by atoms with Gasteiger partial charge in [0, 0.05) is 61.8 Å². The van der Waals surface area contributed by atoms with Gasteiger partial charge >= 0.3 is 6.03 Å². The SMILES string of the molecule is O=C(Nc1ccc(C2CCN(C(=O)c3nccs3)CC2)cc1)N1CC(c2cccnc2)C1. The molecule has 0 aliphatic carbocycles. The number of anilines is 1. The number of rotatable bonds is 4. The number of urea groups is 1. The highest BCUT2D eigenvalue weighted by Gasteiger charge is 2.32. The van der Waals surface area contributed by atoms with E-state index in [9.17, 15) is 9.59 Å². The van der Waals surface area contributed by atoms with Crippen LogP contribution in [-0.4, -0.2) is 57.9 Å². The van der Waals surface area contributed by atoms with E-state index in [0.29, 0.717) is 29.9 Å². The molecule has 0 atom stereocenters. The average Bonchev–Trinajstić information content (AvgIpc) is 3.34. The first-order valence-electron chi connectivity index (χ1n) is 10.9. The van der Waals surface area contributed by atoms with Crippen LogP contribution in [-0.2, 0) is 0 Å². The minimum absolute atomic E-state index is 0.0354. The number of amides is 3. The van der Waals surface area contributed by atoms with Crippen molar-refractivity contribution >= 4 is 29.0 Å². The molecular weight excluding hydrogens is 422 g/mol. The largest absolute Gasteiger partial charge is 0.337 e. The second kappa shape index (κ2) is 9.08. The van der Waals surface area contributed by atoms with Crippen molar-refractivity contribution in [1.82, 2.24) is 19.8 Å². The molecule has 3 aromatic rings. The number of piperidine rings is 1. The van der Waals surface area contributed by atoms with Gasteiger partial charge in [0.2, 0.25) is 0 Å². The third-order valence-corrected chi connectivity index (χ3v) is 7.12. The molecule has 8 heteroatoms. The monoisotopic (exact) mass is 447 g/mol. The third-order valence-electron chi connectivity index (χ3n) is 6.36. The molecule has 0 bridgehead atoms. The molecule has 7 nitrogen and oxygen atoms in total. The summed E-state index contributed by atoms with van der Waals surface area (Å²) in [7, 11) is 0. The number of hydrogen-bond acceptors (Lipinski definition) is 5. The maximum absolute atomic E-state index is 12.5. The minimum atomic E-state index is -0.0631. The van der Waals surface area contributed by atoms with Gasteiger partial charge in [-0.2, -0.15) is 0 Å². The lowest BCUT2D eigenvalue weighted by molar-refractivity contribution is 0.0712. The van der Waals surface area contributed by atoms with Crippen molar-refractivity contribution < 1.29 is 9.59 Å². The zero-order valence-electron chi connectivity index (χ0n) is 17.7. The standard InChI is InChI=1S/C24H25N5O2S/c30-23(22-26-10-13-32-22)28-11-7-18(8-12-28)17-3-5-21(6-4-17)27-24(31)29-15-20(16-29)19-2-1-9-25-14-19/h1-6,9-10,13-14,18,20H,7-8,11-12,15-16H2,(H,27,31). The summed E-state index contributed by atoms with van der Waals surface area (Å²) < 4.78 is 0. The van der Waals surface area contributed by atoms with Crippen molar-refractivity contribution in [2.45, 2.75) is 24.7 Å². The fourth-order valence-electron chi connectivity index (χ4n) is 4.39. The predicted octanol–water partition coefficient (Wildman–Crippen LogP) is 4.19. The first kappa shape index (κ1) is 20.6. The Bertz CT molecular complexity index is 1060. The quantitative estimate of drug-likeness (QED) is 0.651. The fraction of sp³-hybridized carbons (Fsp3) is 0.333. The summed E-state index contributed by atoms with van der Waals surface area (Å²) in [6, 6.07) is 12.1. The first-order valence-corrected chi connectivity index (χ1v) is 11.8. The van der Waals surface area contributed by atoms with Gasteiger partial charge in [0.15, 0.2) is 5.01 Å². The lowest BCUT2D eigenvalue weighted by Gasteiger charge is -2.39. The smallest absolute Gasteiger partial charge is 0.321 e. The Kier molecular flexibility index (Phi) is 5.85. The van der Waals surface area contributed by atoms with E-state index in [-0.39, 0.29) is 11.9 Å². The highest BCUT2D eigenvalue weighted by Crippen LogP contribution is 2.30. The molecule has 2 fully saturated rings. The van der Waals surface area contributed by atoms with E-state index in [1.165, 1.54) is 22.5 Å². The van der Waals surface area contributed by atoms with Gasteiger partial charge < -0.3 is 15.1 Å². The summed E-state index contributed by atoms with van der Waals surface area (Å²) in [6.07, 6.45) is 7.19. The number of benzene rings is 1. The number of pyridine rings is 1. The highest BCUT2D eigenvalue weighted by molar-refractivity contribution is 7.11. The molecule has 3 amide bonds. The summed E-state index contributed by atoms with van der Waals surface area (Å²) in [4.78, 5) is 37.0. The number of carbonyl (C=O) groups is 2. The van der Waals surface area contributed by atoms with Gasteiger partial charge in [0.05, 0.1) is 0 Å². The molecule has 0 saturated carbocycles. The van der Waals surface area contributed by atoms with Gasteiger partial charge in [-0.25, -0.2) is 9.78 Å². The molecule has 2 aliphatic heterocycles. The fourth-order valence-corrected chi connectivity index (χ4v) is 5.00. The zero-order chi connectivity index (χ0) is 21.9. The molecule has 32 heavy (non-hydrogen) atoms. The van der Waals surface area contributed by atoms with Crippen LogP contribution in [0.1, 0.15) is 45.6 Å². The second-order valence-electron chi connectivity index (χ2n) is 8.34. The third kappa shape index (κ3) is 4.36. The van der Waals surface area contributed by atoms with Crippen molar-refractivity contribution in [3.8, 4) is 0 Å². The van der Waals surface area contributed by atoms with E-state index in [4.69, 9.17) is 0 Å². The van der Waals surface area contributed by atoms with Gasteiger partial charge in [-0.3, -0.25) is 9.78 Å². The van der Waals surface area contributed by atoms with Crippen LogP contribution in [0.15, 0.2) is 60.4 Å². The summed E-state index contributed by atoms with van der Waals surface area (Å²) >= 11 is 1.39. The van der Waals surface area contributed by atoms with Crippen LogP contribution in [0.25, 0.3) is 0 Å². The van der Waals surface area contributed by atoms with Crippen molar-refractivity contribution in [2.24, 2.45) is 0 Å². The Morgan fingerprint density at radius 2 is 1.72 bits per heavy atom. The highest BCUT2D eigenvalue weighted by atomic mass is 32.1. The van der Waals surface area contributed by atoms with Crippen molar-refractivity contribution in [1.29, 1.82) is 0 Å². The van der Waals surface area contributed by atoms with E-state index in [0.717, 1.165) is 31.6 Å². The van der Waals surface area contributed by atoms with E-state index in [1.54, 1.807) is 12.4 Å². The molecule has 5 rings (SSSR count). The van der Waals surface area contributed by atoms with Crippen molar-refractivity contribution in [3.63, 3.8) is 0 Å². The molecule has 4 heterocycles. The maximum atomic E-state index is 12.5. The molecule has 1 N–H and O–H groups in total. The Labute approximate surface area is 191 Å². The van der Waals surface area contributed by atoms with Gasteiger partial charge in [-0.1, -0.05) is 18.2 Å². The first-order chi connectivity index (χ1) is 15.7. The van der Waals surface area contributed by atoms with Crippen LogP contribution in [0.5, 0.6) is 0 Å². The molecule has 2 aliphatic rings. The Balaban J connectivity index is 1.10. The molecule has 1 aromatic carbocycles. The second-order valence-corrected chi connectivity index (χ2v) is 9.24. The maximum Gasteiger partial charge on any atom is 0.321 e. The number of nitrogens with zero attached hydrogens (tertiary/aromatic N) is 4. The molecule has 0 spiro atoms. The Morgan fingerprint density at radius 1 is 0.938 bits per heavy atom. The topological polar surface area (TPSA) is 78.4 Å². The molecule has 2 aromatic heterocycles. The van der Waals surface area contributed by atoms with Crippen LogP contribution >= 0.6 is 11.3 Å². The Morgan fingerprint density at radius 3 is 2.38 bits per heavy atom. The Hall–Kier alpha value is -3.26. The number of hydrogen-bond donors (Lipinski definition) is 1. The van der Waals surface area contributed by atoms with E-state index in [1.807, 2.05) is 39.6 Å². The van der Waals surface area contributed by atoms with E-state index < -0.39 is 0 Å². The van der Waals surface area contributed by atoms with E-state index >= 15 is 0 Å². The van der Waals surface area contributed by atoms with Crippen LogP contribution in [0.4, 0.5) is 10.5 Å².